The van der Waals surface area contributed by atoms with Gasteiger partial charge in [-0.15, -0.1) is 0 Å². The second-order valence-electron chi connectivity index (χ2n) is 9.47. The van der Waals surface area contributed by atoms with Crippen LogP contribution in [0.2, 0.25) is 0 Å². The molecule has 0 aliphatic carbocycles. The molecule has 3 aliphatic rings. The van der Waals surface area contributed by atoms with E-state index in [1.807, 2.05) is 6.07 Å². The molecule has 1 amide bonds. The molecule has 5 heteroatoms. The van der Waals surface area contributed by atoms with Crippen LogP contribution < -0.4 is 4.90 Å². The van der Waals surface area contributed by atoms with Crippen molar-refractivity contribution < 1.29 is 9.18 Å². The molecule has 0 N–H and O–H groups in total. The van der Waals surface area contributed by atoms with Gasteiger partial charge in [0, 0.05) is 36.8 Å². The Hall–Kier alpha value is -1.62. The average molecular weight is 388 g/mol. The molecule has 0 aromatic heterocycles. The molecule has 0 saturated carbocycles. The van der Waals surface area contributed by atoms with Gasteiger partial charge >= 0.3 is 0 Å². The van der Waals surface area contributed by atoms with E-state index in [1.165, 1.54) is 32.0 Å². The number of amides is 1. The smallest absolute Gasteiger partial charge is 0.222 e. The van der Waals surface area contributed by atoms with Gasteiger partial charge in [0.25, 0.3) is 0 Å². The molecule has 28 heavy (non-hydrogen) atoms. The van der Waals surface area contributed by atoms with Crippen molar-refractivity contribution in [1.82, 2.24) is 9.80 Å². The van der Waals surface area contributed by atoms with Crippen LogP contribution in [0, 0.1) is 11.7 Å². The molecular formula is C23H34FN3O. The summed E-state index contributed by atoms with van der Waals surface area (Å²) in [5.41, 5.74) is 0.959. The minimum Gasteiger partial charge on any atom is -0.363 e. The van der Waals surface area contributed by atoms with E-state index in [0.717, 1.165) is 44.6 Å². The van der Waals surface area contributed by atoms with Crippen LogP contribution in [0.1, 0.15) is 52.4 Å². The Kier molecular flexibility index (Phi) is 5.64. The number of piperidine rings is 1. The summed E-state index contributed by atoms with van der Waals surface area (Å²) in [5.74, 6) is 0.608. The zero-order chi connectivity index (χ0) is 19.7. The SMILES string of the molecule is CC1(C)C[C@@H]2CN(C(=O)CCCN3CCCC3)CC[C@@H]2N1c1cccc(F)c1. The van der Waals surface area contributed by atoms with Crippen LogP contribution in [-0.2, 0) is 4.79 Å². The lowest BCUT2D eigenvalue weighted by Gasteiger charge is -2.42. The third kappa shape index (κ3) is 4.05. The van der Waals surface area contributed by atoms with Gasteiger partial charge in [-0.3, -0.25) is 4.79 Å². The van der Waals surface area contributed by atoms with Crippen molar-refractivity contribution in [2.24, 2.45) is 5.92 Å². The Bertz CT molecular complexity index is 701. The zero-order valence-electron chi connectivity index (χ0n) is 17.4. The van der Waals surface area contributed by atoms with Gasteiger partial charge in [-0.25, -0.2) is 4.39 Å². The summed E-state index contributed by atoms with van der Waals surface area (Å²) >= 11 is 0. The van der Waals surface area contributed by atoms with Crippen molar-refractivity contribution in [1.29, 1.82) is 0 Å². The molecule has 1 aromatic carbocycles. The molecule has 3 fully saturated rings. The Balaban J connectivity index is 1.36. The largest absolute Gasteiger partial charge is 0.363 e. The molecule has 0 unspecified atom stereocenters. The van der Waals surface area contributed by atoms with Crippen LogP contribution in [0.4, 0.5) is 10.1 Å². The van der Waals surface area contributed by atoms with E-state index >= 15 is 0 Å². The van der Waals surface area contributed by atoms with Gasteiger partial charge in [0.1, 0.15) is 5.82 Å². The predicted octanol–water partition coefficient (Wildman–Crippen LogP) is 3.91. The first-order chi connectivity index (χ1) is 13.4. The summed E-state index contributed by atoms with van der Waals surface area (Å²) in [6.07, 6.45) is 6.28. The van der Waals surface area contributed by atoms with Crippen LogP contribution >= 0.6 is 0 Å². The fourth-order valence-corrected chi connectivity index (χ4v) is 5.76. The third-order valence-electron chi connectivity index (χ3n) is 6.94. The summed E-state index contributed by atoms with van der Waals surface area (Å²) < 4.78 is 13.8. The predicted molar refractivity (Wildman–Crippen MR) is 111 cm³/mol. The number of anilines is 1. The first-order valence-electron chi connectivity index (χ1n) is 11.0. The number of hydrogen-bond donors (Lipinski definition) is 0. The fourth-order valence-electron chi connectivity index (χ4n) is 5.76. The Morgan fingerprint density at radius 2 is 2.00 bits per heavy atom. The number of halogens is 1. The molecule has 4 rings (SSSR count). The highest BCUT2D eigenvalue weighted by molar-refractivity contribution is 5.76. The highest BCUT2D eigenvalue weighted by atomic mass is 19.1. The highest BCUT2D eigenvalue weighted by Gasteiger charge is 2.48. The standard InChI is InChI=1S/C23H34FN3O/c1-23(2)16-18-17-26(22(28)9-6-13-25-11-3-4-12-25)14-10-21(18)27(23)20-8-5-7-19(24)15-20/h5,7-8,15,18,21H,3-4,6,9-14,16-17H2,1-2H3/t18-,21+/m1/s1. The highest BCUT2D eigenvalue weighted by Crippen LogP contribution is 2.44. The van der Waals surface area contributed by atoms with E-state index in [0.29, 0.717) is 24.3 Å². The molecule has 3 aliphatic heterocycles. The maximum Gasteiger partial charge on any atom is 0.222 e. The number of nitrogens with zero attached hydrogens (tertiary/aromatic N) is 3. The summed E-state index contributed by atoms with van der Waals surface area (Å²) in [5, 5.41) is 0. The molecule has 1 aromatic rings. The van der Waals surface area contributed by atoms with Gasteiger partial charge in [-0.1, -0.05) is 6.07 Å². The van der Waals surface area contributed by atoms with Crippen LogP contribution in [0.25, 0.3) is 0 Å². The number of benzene rings is 1. The fraction of sp³-hybridized carbons (Fsp3) is 0.696. The molecule has 0 radical (unpaired) electrons. The lowest BCUT2D eigenvalue weighted by atomic mass is 9.89. The molecule has 154 valence electrons. The van der Waals surface area contributed by atoms with Crippen molar-refractivity contribution >= 4 is 11.6 Å². The molecule has 4 nitrogen and oxygen atoms in total. The average Bonchev–Trinajstić information content (AvgIpc) is 3.25. The summed E-state index contributed by atoms with van der Waals surface area (Å²) in [6, 6.07) is 7.37. The number of hydrogen-bond acceptors (Lipinski definition) is 3. The van der Waals surface area contributed by atoms with Crippen molar-refractivity contribution in [2.75, 3.05) is 37.6 Å². The van der Waals surface area contributed by atoms with Crippen LogP contribution in [0.15, 0.2) is 24.3 Å². The number of carbonyl (C=O) groups excluding carboxylic acids is 1. The van der Waals surface area contributed by atoms with Crippen LogP contribution in [0.3, 0.4) is 0 Å². The Morgan fingerprint density at radius 3 is 2.75 bits per heavy atom. The van der Waals surface area contributed by atoms with E-state index in [9.17, 15) is 9.18 Å². The monoisotopic (exact) mass is 387 g/mol. The van der Waals surface area contributed by atoms with Gasteiger partial charge in [0.15, 0.2) is 0 Å². The second-order valence-corrected chi connectivity index (χ2v) is 9.47. The summed E-state index contributed by atoms with van der Waals surface area (Å²) in [6.45, 7) is 9.64. The van der Waals surface area contributed by atoms with Crippen molar-refractivity contribution in [3.8, 4) is 0 Å². The summed E-state index contributed by atoms with van der Waals surface area (Å²) in [7, 11) is 0. The van der Waals surface area contributed by atoms with Crippen molar-refractivity contribution in [3.63, 3.8) is 0 Å². The topological polar surface area (TPSA) is 26.8 Å². The number of rotatable bonds is 5. The molecule has 3 saturated heterocycles. The van der Waals surface area contributed by atoms with Gasteiger partial charge in [0.05, 0.1) is 0 Å². The molecule has 0 bridgehead atoms. The van der Waals surface area contributed by atoms with Gasteiger partial charge in [-0.2, -0.15) is 0 Å². The molecule has 2 atom stereocenters. The molecule has 3 heterocycles. The van der Waals surface area contributed by atoms with Gasteiger partial charge < -0.3 is 14.7 Å². The van der Waals surface area contributed by atoms with E-state index in [1.54, 1.807) is 12.1 Å². The molecule has 0 spiro atoms. The minimum atomic E-state index is -0.178. The van der Waals surface area contributed by atoms with Gasteiger partial charge in [0.2, 0.25) is 5.91 Å². The number of fused-ring (bicyclic) bond motifs is 1. The van der Waals surface area contributed by atoms with Crippen molar-refractivity contribution in [3.05, 3.63) is 30.1 Å². The maximum absolute atomic E-state index is 13.8. The molecular weight excluding hydrogens is 353 g/mol. The van der Waals surface area contributed by atoms with Crippen molar-refractivity contribution in [2.45, 2.75) is 64.0 Å². The quantitative estimate of drug-likeness (QED) is 0.766. The van der Waals surface area contributed by atoms with E-state index < -0.39 is 0 Å². The maximum atomic E-state index is 13.8. The Morgan fingerprint density at radius 1 is 1.21 bits per heavy atom. The second kappa shape index (κ2) is 8.02. The van der Waals surface area contributed by atoms with E-state index in [4.69, 9.17) is 0 Å². The van der Waals surface area contributed by atoms with E-state index in [-0.39, 0.29) is 11.4 Å². The Labute approximate surface area is 168 Å². The number of carbonyl (C=O) groups is 1. The first-order valence-corrected chi connectivity index (χ1v) is 11.0. The van der Waals surface area contributed by atoms with E-state index in [2.05, 4.69) is 28.5 Å². The third-order valence-corrected chi connectivity index (χ3v) is 6.94. The van der Waals surface area contributed by atoms with Crippen LogP contribution in [0.5, 0.6) is 0 Å². The van der Waals surface area contributed by atoms with Crippen LogP contribution in [-0.4, -0.2) is 60.0 Å². The number of likely N-dealkylation sites (tertiary alicyclic amines) is 2. The first kappa shape index (κ1) is 19.7. The summed E-state index contributed by atoms with van der Waals surface area (Å²) in [4.78, 5) is 19.8. The minimum absolute atomic E-state index is 0.0159. The van der Waals surface area contributed by atoms with Gasteiger partial charge in [-0.05, 0) is 89.7 Å². The normalized spacial score (nSPS) is 27.2. The lowest BCUT2D eigenvalue weighted by Crippen LogP contribution is -2.50. The zero-order valence-corrected chi connectivity index (χ0v) is 17.4. The lowest BCUT2D eigenvalue weighted by molar-refractivity contribution is -0.133.